The maximum Gasteiger partial charge on any atom is 0.272 e. The Morgan fingerprint density at radius 3 is 2.52 bits per heavy atom. The molecular formula is C25H21N3OS2. The van der Waals surface area contributed by atoms with Gasteiger partial charge in [0.1, 0.15) is 9.53 Å². The van der Waals surface area contributed by atoms with Crippen LogP contribution in [-0.4, -0.2) is 14.5 Å². The van der Waals surface area contributed by atoms with E-state index in [-0.39, 0.29) is 11.5 Å². The number of pyridine rings is 1. The first-order valence-electron chi connectivity index (χ1n) is 10.2. The molecule has 0 unspecified atom stereocenters. The Labute approximate surface area is 188 Å². The van der Waals surface area contributed by atoms with Gasteiger partial charge in [-0.3, -0.25) is 9.36 Å². The van der Waals surface area contributed by atoms with Gasteiger partial charge in [-0.15, -0.1) is 11.3 Å². The van der Waals surface area contributed by atoms with Gasteiger partial charge in [0.25, 0.3) is 5.56 Å². The second-order valence-electron chi connectivity index (χ2n) is 7.53. The molecule has 0 amide bonds. The highest BCUT2D eigenvalue weighted by Crippen LogP contribution is 2.32. The highest BCUT2D eigenvalue weighted by molar-refractivity contribution is 7.98. The number of hydrogen-bond acceptors (Lipinski definition) is 5. The summed E-state index contributed by atoms with van der Waals surface area (Å²) in [7, 11) is 0. The molecule has 0 aliphatic carbocycles. The predicted molar refractivity (Wildman–Crippen MR) is 130 cm³/mol. The predicted octanol–water partition coefficient (Wildman–Crippen LogP) is 6.10. The maximum atomic E-state index is 13.6. The van der Waals surface area contributed by atoms with E-state index in [1.807, 2.05) is 53.1 Å². The van der Waals surface area contributed by atoms with E-state index in [0.717, 1.165) is 26.6 Å². The molecule has 3 heterocycles. The fourth-order valence-electron chi connectivity index (χ4n) is 3.70. The van der Waals surface area contributed by atoms with E-state index in [1.54, 1.807) is 18.0 Å². The van der Waals surface area contributed by atoms with Gasteiger partial charge in [-0.05, 0) is 29.2 Å². The number of aromatic nitrogens is 3. The average Bonchev–Trinajstić information content (AvgIpc) is 3.20. The summed E-state index contributed by atoms with van der Waals surface area (Å²) in [6.45, 7) is 2.74. The molecule has 0 aliphatic rings. The summed E-state index contributed by atoms with van der Waals surface area (Å²) >= 11 is 3.05. The van der Waals surface area contributed by atoms with Crippen LogP contribution in [0.2, 0.25) is 0 Å². The maximum absolute atomic E-state index is 13.6. The van der Waals surface area contributed by atoms with Gasteiger partial charge in [0.2, 0.25) is 0 Å². The summed E-state index contributed by atoms with van der Waals surface area (Å²) in [5, 5.41) is 1.71. The minimum Gasteiger partial charge on any atom is -0.286 e. The lowest BCUT2D eigenvalue weighted by atomic mass is 10.0. The Hall–Kier alpha value is -2.96. The lowest BCUT2D eigenvalue weighted by molar-refractivity contribution is 0.532. The number of thioether (sulfide) groups is 1. The number of rotatable bonds is 6. The lowest BCUT2D eigenvalue weighted by Gasteiger charge is -2.17. The van der Waals surface area contributed by atoms with Crippen molar-refractivity contribution in [3.8, 4) is 0 Å². The summed E-state index contributed by atoms with van der Waals surface area (Å²) in [5.74, 6) is 0.959. The van der Waals surface area contributed by atoms with E-state index in [2.05, 4.69) is 36.2 Å². The first kappa shape index (κ1) is 20.0. The van der Waals surface area contributed by atoms with Crippen molar-refractivity contribution in [3.05, 3.63) is 100 Å². The molecule has 0 radical (unpaired) electrons. The molecular weight excluding hydrogens is 422 g/mol. The third kappa shape index (κ3) is 4.01. The van der Waals surface area contributed by atoms with Crippen LogP contribution in [0.15, 0.2) is 88.9 Å². The monoisotopic (exact) mass is 443 g/mol. The van der Waals surface area contributed by atoms with Crippen LogP contribution >= 0.6 is 23.1 Å². The number of benzene rings is 2. The van der Waals surface area contributed by atoms with Crippen molar-refractivity contribution in [1.82, 2.24) is 14.5 Å². The molecule has 0 bridgehead atoms. The summed E-state index contributed by atoms with van der Waals surface area (Å²) in [6, 6.07) is 24.5. The molecule has 6 heteroatoms. The van der Waals surface area contributed by atoms with Crippen LogP contribution in [0.1, 0.15) is 24.0 Å². The lowest BCUT2D eigenvalue weighted by Crippen LogP contribution is -2.25. The molecule has 2 aromatic carbocycles. The van der Waals surface area contributed by atoms with E-state index >= 15 is 0 Å². The van der Waals surface area contributed by atoms with Crippen LogP contribution in [0.4, 0.5) is 0 Å². The quantitative estimate of drug-likeness (QED) is 0.235. The van der Waals surface area contributed by atoms with Gasteiger partial charge in [-0.2, -0.15) is 0 Å². The number of nitrogens with zero attached hydrogens (tertiary/aromatic N) is 3. The largest absolute Gasteiger partial charge is 0.286 e. The molecule has 1 atom stereocenters. The fourth-order valence-corrected chi connectivity index (χ4v) is 5.68. The molecule has 0 spiro atoms. The van der Waals surface area contributed by atoms with Gasteiger partial charge in [0, 0.05) is 23.9 Å². The van der Waals surface area contributed by atoms with E-state index in [4.69, 9.17) is 4.98 Å². The fraction of sp³-hybridized carbons (Fsp3) is 0.160. The molecule has 31 heavy (non-hydrogen) atoms. The molecule has 0 N–H and O–H groups in total. The third-order valence-electron chi connectivity index (χ3n) is 5.35. The number of fused-ring (bicyclic) bond motifs is 3. The summed E-state index contributed by atoms with van der Waals surface area (Å²) in [6.07, 6.45) is 1.76. The first-order chi connectivity index (χ1) is 15.2. The minimum absolute atomic E-state index is 0.0198. The summed E-state index contributed by atoms with van der Waals surface area (Å²) in [4.78, 5) is 23.9. The van der Waals surface area contributed by atoms with E-state index in [0.29, 0.717) is 11.2 Å². The topological polar surface area (TPSA) is 47.8 Å². The van der Waals surface area contributed by atoms with Crippen LogP contribution in [0.25, 0.3) is 20.4 Å². The van der Waals surface area contributed by atoms with Crippen molar-refractivity contribution < 1.29 is 0 Å². The van der Waals surface area contributed by atoms with Gasteiger partial charge >= 0.3 is 0 Å². The van der Waals surface area contributed by atoms with Crippen molar-refractivity contribution in [2.75, 3.05) is 0 Å². The summed E-state index contributed by atoms with van der Waals surface area (Å²) in [5.41, 5.74) is 3.21. The van der Waals surface area contributed by atoms with E-state index < -0.39 is 0 Å². The minimum atomic E-state index is 0.0198. The molecule has 3 aromatic heterocycles. The molecule has 0 saturated carbocycles. The molecule has 5 rings (SSSR count). The second-order valence-corrected chi connectivity index (χ2v) is 9.47. The highest BCUT2D eigenvalue weighted by atomic mass is 32.2. The smallest absolute Gasteiger partial charge is 0.272 e. The normalized spacial score (nSPS) is 12.4. The Bertz CT molecular complexity index is 1390. The van der Waals surface area contributed by atoms with Crippen molar-refractivity contribution in [2.45, 2.75) is 30.3 Å². The van der Waals surface area contributed by atoms with Crippen LogP contribution < -0.4 is 5.56 Å². The van der Waals surface area contributed by atoms with Gasteiger partial charge in [-0.1, -0.05) is 79.3 Å². The van der Waals surface area contributed by atoms with Crippen LogP contribution in [0, 0.1) is 0 Å². The molecule has 154 valence electrons. The molecule has 0 saturated heterocycles. The third-order valence-corrected chi connectivity index (χ3v) is 7.49. The van der Waals surface area contributed by atoms with Gasteiger partial charge in [-0.25, -0.2) is 9.97 Å². The van der Waals surface area contributed by atoms with E-state index in [9.17, 15) is 4.79 Å². The standard InChI is InChI=1S/C25H21N3OS2/c1-17(19-11-6-3-7-12-19)15-28-24(29)22-21(20-13-8-14-26-23(20)31-22)27-25(28)30-16-18-9-4-2-5-10-18/h2-14,17H,15-16H2,1H3/t17-/m1/s1. The van der Waals surface area contributed by atoms with Crippen LogP contribution in [0.3, 0.4) is 0 Å². The Kier molecular flexibility index (Phi) is 5.57. The van der Waals surface area contributed by atoms with Crippen LogP contribution in [0.5, 0.6) is 0 Å². The van der Waals surface area contributed by atoms with Crippen molar-refractivity contribution in [1.29, 1.82) is 0 Å². The number of hydrogen-bond donors (Lipinski definition) is 0. The van der Waals surface area contributed by atoms with Crippen molar-refractivity contribution >= 4 is 43.5 Å². The van der Waals surface area contributed by atoms with Gasteiger partial charge < -0.3 is 0 Å². The van der Waals surface area contributed by atoms with Crippen molar-refractivity contribution in [2.24, 2.45) is 0 Å². The number of thiophene rings is 1. The Morgan fingerprint density at radius 2 is 1.74 bits per heavy atom. The zero-order chi connectivity index (χ0) is 21.2. The zero-order valence-electron chi connectivity index (χ0n) is 17.1. The van der Waals surface area contributed by atoms with Gasteiger partial charge in [0.15, 0.2) is 5.16 Å². The SMILES string of the molecule is C[C@H](Cn1c(SCc2ccccc2)nc2c(sc3ncccc32)c1=O)c1ccccc1. The summed E-state index contributed by atoms with van der Waals surface area (Å²) < 4.78 is 2.53. The molecule has 5 aromatic rings. The second kappa shape index (κ2) is 8.65. The van der Waals surface area contributed by atoms with Crippen molar-refractivity contribution in [3.63, 3.8) is 0 Å². The molecule has 4 nitrogen and oxygen atoms in total. The zero-order valence-corrected chi connectivity index (χ0v) is 18.7. The molecule has 0 fully saturated rings. The molecule has 0 aliphatic heterocycles. The first-order valence-corrected chi connectivity index (χ1v) is 12.0. The van der Waals surface area contributed by atoms with Gasteiger partial charge in [0.05, 0.1) is 5.52 Å². The Morgan fingerprint density at radius 1 is 1.00 bits per heavy atom. The highest BCUT2D eigenvalue weighted by Gasteiger charge is 2.19. The van der Waals surface area contributed by atoms with Crippen LogP contribution in [-0.2, 0) is 12.3 Å². The van der Waals surface area contributed by atoms with E-state index in [1.165, 1.54) is 22.5 Å². The Balaban J connectivity index is 1.61. The average molecular weight is 444 g/mol.